The molecule has 1 aliphatic heterocycles. The highest BCUT2D eigenvalue weighted by Crippen LogP contribution is 2.29. The molecule has 0 saturated carbocycles. The maximum Gasteiger partial charge on any atom is 0.293 e. The molecule has 3 aromatic heterocycles. The van der Waals surface area contributed by atoms with Gasteiger partial charge in [-0.25, -0.2) is 10.8 Å². The van der Waals surface area contributed by atoms with Crippen LogP contribution in [-0.4, -0.2) is 50.7 Å². The molecule has 0 bridgehead atoms. The van der Waals surface area contributed by atoms with E-state index in [1.807, 2.05) is 48.5 Å². The van der Waals surface area contributed by atoms with Crippen molar-refractivity contribution in [2.75, 3.05) is 6.54 Å². The monoisotopic (exact) mass is 546 g/mol. The first-order valence-corrected chi connectivity index (χ1v) is 13.3. The number of benzene rings is 2. The van der Waals surface area contributed by atoms with E-state index in [1.165, 1.54) is 0 Å². The van der Waals surface area contributed by atoms with Crippen LogP contribution >= 0.6 is 0 Å². The van der Waals surface area contributed by atoms with Crippen LogP contribution in [0.15, 0.2) is 83.6 Å². The van der Waals surface area contributed by atoms with E-state index in [4.69, 9.17) is 15.3 Å². The number of amides is 2. The van der Waals surface area contributed by atoms with Gasteiger partial charge in [0.15, 0.2) is 0 Å². The number of carbonyl (C=O) groups is 3. The number of aromatic nitrogens is 3. The number of fused-ring (bicyclic) bond motifs is 1. The maximum absolute atomic E-state index is 12.9. The highest BCUT2D eigenvalue weighted by atomic mass is 16.5. The highest BCUT2D eigenvalue weighted by Gasteiger charge is 2.29. The molecule has 1 fully saturated rings. The zero-order valence-electron chi connectivity index (χ0n) is 22.0. The van der Waals surface area contributed by atoms with Crippen LogP contribution in [0, 0.1) is 0 Å². The zero-order valence-corrected chi connectivity index (χ0v) is 22.0. The van der Waals surface area contributed by atoms with E-state index in [1.54, 1.807) is 35.5 Å². The van der Waals surface area contributed by atoms with Gasteiger partial charge in [0.1, 0.15) is 12.0 Å². The summed E-state index contributed by atoms with van der Waals surface area (Å²) in [6, 6.07) is 20.3. The van der Waals surface area contributed by atoms with E-state index >= 15 is 0 Å². The van der Waals surface area contributed by atoms with E-state index in [0.29, 0.717) is 40.8 Å². The lowest BCUT2D eigenvalue weighted by Crippen LogP contribution is -2.44. The van der Waals surface area contributed by atoms with Crippen LogP contribution in [0.3, 0.4) is 0 Å². The normalized spacial score (nSPS) is 15.0. The molecule has 1 atom stereocenters. The fraction of sp³-hybridized carbons (Fsp3) is 0.161. The van der Waals surface area contributed by atoms with Crippen molar-refractivity contribution in [3.8, 4) is 33.6 Å². The van der Waals surface area contributed by atoms with Gasteiger partial charge in [-0.2, -0.15) is 0 Å². The van der Waals surface area contributed by atoms with Crippen LogP contribution in [0.25, 0.3) is 44.5 Å². The van der Waals surface area contributed by atoms with Crippen molar-refractivity contribution in [1.29, 1.82) is 0 Å². The van der Waals surface area contributed by atoms with Crippen LogP contribution in [0.1, 0.15) is 40.2 Å². The van der Waals surface area contributed by atoms with E-state index in [9.17, 15) is 14.4 Å². The average Bonchev–Trinajstić information content (AvgIpc) is 3.54. The number of nitrogen functional groups attached to an aromatic ring is 1. The predicted molar refractivity (Wildman–Crippen MR) is 152 cm³/mol. The largest absolute Gasteiger partial charge is 0.350 e. The van der Waals surface area contributed by atoms with E-state index in [0.717, 1.165) is 41.4 Å². The summed E-state index contributed by atoms with van der Waals surface area (Å²) in [5, 5.41) is 4.71. The predicted octanol–water partition coefficient (Wildman–Crippen LogP) is 4.42. The first-order valence-electron chi connectivity index (χ1n) is 13.3. The molecule has 204 valence electrons. The summed E-state index contributed by atoms with van der Waals surface area (Å²) >= 11 is 0. The minimum absolute atomic E-state index is 0.124. The molecule has 0 spiro atoms. The quantitative estimate of drug-likeness (QED) is 0.138. The van der Waals surface area contributed by atoms with Crippen molar-refractivity contribution < 1.29 is 18.9 Å². The Hall–Kier alpha value is -5.22. The third-order valence-corrected chi connectivity index (χ3v) is 7.37. The van der Waals surface area contributed by atoms with Crippen molar-refractivity contribution in [2.45, 2.75) is 25.3 Å². The van der Waals surface area contributed by atoms with Gasteiger partial charge in [0.2, 0.25) is 5.76 Å². The number of nitrogens with two attached hydrogens (primary N) is 1. The molecule has 6 rings (SSSR count). The second kappa shape index (κ2) is 11.1. The van der Waals surface area contributed by atoms with Crippen LogP contribution in [0.2, 0.25) is 0 Å². The molecule has 10 nitrogen and oxygen atoms in total. The lowest BCUT2D eigenvalue weighted by atomic mass is 9.99. The van der Waals surface area contributed by atoms with Crippen molar-refractivity contribution in [3.05, 3.63) is 90.4 Å². The fourth-order valence-electron chi connectivity index (χ4n) is 5.15. The first-order chi connectivity index (χ1) is 20.1. The summed E-state index contributed by atoms with van der Waals surface area (Å²) in [5.41, 5.74) is 8.06. The number of hydrazine groups is 1. The first kappa shape index (κ1) is 26.0. The summed E-state index contributed by atoms with van der Waals surface area (Å²) in [5.74, 6) is 4.79. The molecular formula is C31H26N6O4. The smallest absolute Gasteiger partial charge is 0.293 e. The minimum Gasteiger partial charge on any atom is -0.350 e. The van der Waals surface area contributed by atoms with Gasteiger partial charge in [-0.1, -0.05) is 53.7 Å². The van der Waals surface area contributed by atoms with Crippen molar-refractivity contribution in [2.24, 2.45) is 5.84 Å². The van der Waals surface area contributed by atoms with Crippen LogP contribution in [-0.2, 0) is 4.79 Å². The van der Waals surface area contributed by atoms with Gasteiger partial charge >= 0.3 is 0 Å². The number of hydrogen-bond donors (Lipinski definition) is 2. The molecule has 10 heteroatoms. The Morgan fingerprint density at radius 3 is 2.29 bits per heavy atom. The molecule has 1 saturated heterocycles. The number of aldehydes is 1. The van der Waals surface area contributed by atoms with Gasteiger partial charge in [0.25, 0.3) is 11.8 Å². The molecule has 1 unspecified atom stereocenters. The minimum atomic E-state index is -0.419. The Bertz CT molecular complexity index is 1750. The van der Waals surface area contributed by atoms with Crippen molar-refractivity contribution >= 4 is 29.0 Å². The second-order valence-corrected chi connectivity index (χ2v) is 9.85. The van der Waals surface area contributed by atoms with Crippen LogP contribution < -0.4 is 11.3 Å². The summed E-state index contributed by atoms with van der Waals surface area (Å²) in [6.45, 7) is 0.532. The Morgan fingerprint density at radius 1 is 0.927 bits per heavy atom. The topological polar surface area (TPSA) is 144 Å². The number of pyridine rings is 2. The summed E-state index contributed by atoms with van der Waals surface area (Å²) in [6.07, 6.45) is 6.51. The number of likely N-dealkylation sites (tertiary alicyclic amines) is 1. The van der Waals surface area contributed by atoms with Crippen molar-refractivity contribution in [1.82, 2.24) is 25.5 Å². The summed E-state index contributed by atoms with van der Waals surface area (Å²) in [4.78, 5) is 47.1. The van der Waals surface area contributed by atoms with Gasteiger partial charge < -0.3 is 14.2 Å². The zero-order chi connectivity index (χ0) is 28.3. The molecule has 0 aliphatic carbocycles. The molecule has 4 heterocycles. The Balaban J connectivity index is 1.21. The highest BCUT2D eigenvalue weighted by molar-refractivity contribution is 6.06. The van der Waals surface area contributed by atoms with Gasteiger partial charge in [0.05, 0.1) is 22.8 Å². The number of nitrogens with zero attached hydrogens (tertiary/aromatic N) is 4. The third-order valence-electron chi connectivity index (χ3n) is 7.37. The number of piperidine rings is 1. The summed E-state index contributed by atoms with van der Waals surface area (Å²) < 4.78 is 5.36. The maximum atomic E-state index is 12.9. The van der Waals surface area contributed by atoms with E-state index in [2.05, 4.69) is 15.6 Å². The van der Waals surface area contributed by atoms with Gasteiger partial charge in [-0.15, -0.1) is 0 Å². The van der Waals surface area contributed by atoms with Gasteiger partial charge in [-0.3, -0.25) is 20.0 Å². The molecule has 3 N–H and O–H groups in total. The number of carbonyl (C=O) groups excluding carboxylic acids is 3. The summed E-state index contributed by atoms with van der Waals surface area (Å²) in [7, 11) is 0. The number of rotatable bonds is 6. The van der Waals surface area contributed by atoms with Gasteiger partial charge in [0, 0.05) is 41.5 Å². The van der Waals surface area contributed by atoms with Crippen molar-refractivity contribution in [3.63, 3.8) is 0 Å². The standard InChI is InChI=1S/C31H26N6O4/c32-35-30(39)24-15-27(34-26-12-13-33-17-25(24)26)21-8-4-19(5-9-21)20-6-10-22(11-7-20)28-16-29(41-36-28)31(40)37-14-2-1-3-23(37)18-38/h4-13,15-18,23H,1-3,14,32H2,(H,35,39). The molecule has 2 aromatic carbocycles. The second-order valence-electron chi connectivity index (χ2n) is 9.85. The van der Waals surface area contributed by atoms with Crippen LogP contribution in [0.5, 0.6) is 0 Å². The number of hydrogen-bond acceptors (Lipinski definition) is 8. The molecule has 1 aliphatic rings. The molecule has 2 amide bonds. The lowest BCUT2D eigenvalue weighted by molar-refractivity contribution is -0.112. The van der Waals surface area contributed by atoms with Gasteiger partial charge in [-0.05, 0) is 42.5 Å². The molecule has 41 heavy (non-hydrogen) atoms. The SMILES string of the molecule is NNC(=O)c1cc(-c2ccc(-c3ccc(-c4cc(C(=O)N5CCCCC5C=O)on4)cc3)cc2)nc2ccncc12. The van der Waals surface area contributed by atoms with E-state index < -0.39 is 11.9 Å². The fourth-order valence-corrected chi connectivity index (χ4v) is 5.15. The Labute approximate surface area is 235 Å². The molecule has 5 aromatic rings. The molecule has 0 radical (unpaired) electrons. The number of nitrogens with one attached hydrogen (secondary N) is 1. The van der Waals surface area contributed by atoms with E-state index in [-0.39, 0.29) is 11.7 Å². The molecular weight excluding hydrogens is 520 g/mol. The van der Waals surface area contributed by atoms with Crippen LogP contribution in [0.4, 0.5) is 0 Å². The Morgan fingerprint density at radius 2 is 1.61 bits per heavy atom. The third kappa shape index (κ3) is 5.08. The average molecular weight is 547 g/mol. The lowest BCUT2D eigenvalue weighted by Gasteiger charge is -2.31. The Kier molecular flexibility index (Phi) is 7.05.